The van der Waals surface area contributed by atoms with E-state index in [0.29, 0.717) is 24.6 Å². The third-order valence-electron chi connectivity index (χ3n) is 3.71. The van der Waals surface area contributed by atoms with Gasteiger partial charge in [0.2, 0.25) is 0 Å². The Kier molecular flexibility index (Phi) is 5.83. The predicted molar refractivity (Wildman–Crippen MR) is 84.2 cm³/mol. The van der Waals surface area contributed by atoms with E-state index >= 15 is 0 Å². The zero-order chi connectivity index (χ0) is 15.9. The van der Waals surface area contributed by atoms with Gasteiger partial charge in [-0.3, -0.25) is 4.79 Å². The average Bonchev–Trinajstić information content (AvgIpc) is 2.53. The Morgan fingerprint density at radius 1 is 1.50 bits per heavy atom. The van der Waals surface area contributed by atoms with E-state index in [1.165, 1.54) is 0 Å². The molecule has 1 heterocycles. The summed E-state index contributed by atoms with van der Waals surface area (Å²) in [5, 5.41) is 9.61. The number of carbonyl (C=O) groups is 1. The Balaban J connectivity index is 1.95. The molecule has 1 saturated heterocycles. The number of methoxy groups -OCH3 is 1. The molecule has 1 amide bonds. The van der Waals surface area contributed by atoms with Crippen molar-refractivity contribution in [1.82, 2.24) is 4.90 Å². The minimum Gasteiger partial charge on any atom is -0.493 e. The van der Waals surface area contributed by atoms with E-state index in [1.54, 1.807) is 18.1 Å². The van der Waals surface area contributed by atoms with Gasteiger partial charge in [0, 0.05) is 13.1 Å². The number of ether oxygens (including phenoxy) is 2. The second-order valence-corrected chi connectivity index (χ2v) is 5.40. The second kappa shape index (κ2) is 7.84. The Labute approximate surface area is 131 Å². The smallest absolute Gasteiger partial charge is 0.260 e. The van der Waals surface area contributed by atoms with Gasteiger partial charge in [-0.25, -0.2) is 0 Å². The van der Waals surface area contributed by atoms with E-state index in [4.69, 9.17) is 9.47 Å². The van der Waals surface area contributed by atoms with Crippen LogP contribution in [0, 0.1) is 0 Å². The number of aliphatic hydroxyl groups excluding tert-OH is 1. The number of nitrogens with zero attached hydrogens (tertiary/aromatic N) is 1. The molecule has 120 valence electrons. The van der Waals surface area contributed by atoms with E-state index in [1.807, 2.05) is 18.2 Å². The zero-order valence-electron chi connectivity index (χ0n) is 13.0. The highest BCUT2D eigenvalue weighted by Gasteiger charge is 2.22. The fraction of sp³-hybridized carbons (Fsp3) is 0.471. The van der Waals surface area contributed by atoms with Crippen molar-refractivity contribution in [3.05, 3.63) is 36.4 Å². The van der Waals surface area contributed by atoms with Crippen molar-refractivity contribution in [2.45, 2.75) is 25.4 Å². The molecule has 0 aromatic heterocycles. The van der Waals surface area contributed by atoms with Crippen LogP contribution in [0.1, 0.15) is 18.4 Å². The van der Waals surface area contributed by atoms with Gasteiger partial charge in [-0.1, -0.05) is 12.1 Å². The third kappa shape index (κ3) is 4.24. The normalized spacial score (nSPS) is 17.9. The van der Waals surface area contributed by atoms with Gasteiger partial charge in [-0.15, -0.1) is 6.58 Å². The fourth-order valence-corrected chi connectivity index (χ4v) is 2.54. The van der Waals surface area contributed by atoms with Crippen LogP contribution in [0.4, 0.5) is 0 Å². The first-order valence-electron chi connectivity index (χ1n) is 7.50. The summed E-state index contributed by atoms with van der Waals surface area (Å²) in [5.41, 5.74) is 1.07. The van der Waals surface area contributed by atoms with Gasteiger partial charge < -0.3 is 19.5 Å². The number of benzene rings is 1. The van der Waals surface area contributed by atoms with Gasteiger partial charge >= 0.3 is 0 Å². The number of allylic oxidation sites excluding steroid dienone is 1. The summed E-state index contributed by atoms with van der Waals surface area (Å²) in [6, 6.07) is 5.61. The van der Waals surface area contributed by atoms with Crippen LogP contribution in [0.2, 0.25) is 0 Å². The van der Waals surface area contributed by atoms with Crippen molar-refractivity contribution in [1.29, 1.82) is 0 Å². The second-order valence-electron chi connectivity index (χ2n) is 5.40. The SMILES string of the molecule is C=CCc1ccc(OCC(=O)N2CCC[C@@H](O)C2)c(OC)c1. The number of amides is 1. The van der Waals surface area contributed by atoms with E-state index in [2.05, 4.69) is 6.58 Å². The molecule has 1 N–H and O–H groups in total. The number of rotatable bonds is 6. The lowest BCUT2D eigenvalue weighted by Crippen LogP contribution is -2.44. The van der Waals surface area contributed by atoms with Crippen LogP contribution in [0.5, 0.6) is 11.5 Å². The maximum absolute atomic E-state index is 12.1. The molecule has 0 unspecified atom stereocenters. The van der Waals surface area contributed by atoms with Crippen molar-refractivity contribution in [3.8, 4) is 11.5 Å². The molecule has 1 fully saturated rings. The van der Waals surface area contributed by atoms with E-state index in [-0.39, 0.29) is 12.5 Å². The summed E-state index contributed by atoms with van der Waals surface area (Å²) in [4.78, 5) is 13.8. The summed E-state index contributed by atoms with van der Waals surface area (Å²) in [6.07, 6.45) is 3.72. The zero-order valence-corrected chi connectivity index (χ0v) is 13.0. The van der Waals surface area contributed by atoms with Crippen LogP contribution in [-0.4, -0.2) is 48.8 Å². The first-order chi connectivity index (χ1) is 10.6. The fourth-order valence-electron chi connectivity index (χ4n) is 2.54. The molecular formula is C17H23NO4. The number of carbonyl (C=O) groups excluding carboxylic acids is 1. The summed E-state index contributed by atoms with van der Waals surface area (Å²) < 4.78 is 10.9. The molecule has 1 aliphatic heterocycles. The Bertz CT molecular complexity index is 529. The van der Waals surface area contributed by atoms with Gasteiger partial charge in [-0.2, -0.15) is 0 Å². The van der Waals surface area contributed by atoms with Gasteiger partial charge in [-0.05, 0) is 37.0 Å². The van der Waals surface area contributed by atoms with Gasteiger partial charge in [0.15, 0.2) is 18.1 Å². The first-order valence-corrected chi connectivity index (χ1v) is 7.50. The first kappa shape index (κ1) is 16.4. The molecule has 0 saturated carbocycles. The molecule has 5 nitrogen and oxygen atoms in total. The molecule has 2 rings (SSSR count). The number of aliphatic hydroxyl groups is 1. The largest absolute Gasteiger partial charge is 0.493 e. The molecule has 5 heteroatoms. The van der Waals surface area contributed by atoms with E-state index in [0.717, 1.165) is 24.8 Å². The van der Waals surface area contributed by atoms with Crippen molar-refractivity contribution in [3.63, 3.8) is 0 Å². The minimum absolute atomic E-state index is 0.0517. The summed E-state index contributed by atoms with van der Waals surface area (Å²) in [7, 11) is 1.57. The highest BCUT2D eigenvalue weighted by molar-refractivity contribution is 5.78. The van der Waals surface area contributed by atoms with E-state index < -0.39 is 6.10 Å². The molecule has 1 atom stereocenters. The number of hydrogen-bond donors (Lipinski definition) is 1. The van der Waals surface area contributed by atoms with Crippen molar-refractivity contribution >= 4 is 5.91 Å². The Morgan fingerprint density at radius 3 is 3.00 bits per heavy atom. The molecule has 1 aromatic carbocycles. The summed E-state index contributed by atoms with van der Waals surface area (Å²) in [6.45, 7) is 4.72. The molecule has 22 heavy (non-hydrogen) atoms. The van der Waals surface area contributed by atoms with Gasteiger partial charge in [0.25, 0.3) is 5.91 Å². The maximum atomic E-state index is 12.1. The molecule has 1 aliphatic rings. The molecule has 1 aromatic rings. The monoisotopic (exact) mass is 305 g/mol. The Hall–Kier alpha value is -2.01. The lowest BCUT2D eigenvalue weighted by molar-refractivity contribution is -0.136. The predicted octanol–water partition coefficient (Wildman–Crippen LogP) is 1.79. The van der Waals surface area contributed by atoms with Crippen LogP contribution in [0.25, 0.3) is 0 Å². The quantitative estimate of drug-likeness (QED) is 0.814. The lowest BCUT2D eigenvalue weighted by atomic mass is 10.1. The molecule has 0 bridgehead atoms. The lowest BCUT2D eigenvalue weighted by Gasteiger charge is -2.30. The third-order valence-corrected chi connectivity index (χ3v) is 3.71. The maximum Gasteiger partial charge on any atom is 0.260 e. The van der Waals surface area contributed by atoms with Gasteiger partial charge in [0.05, 0.1) is 13.2 Å². The summed E-state index contributed by atoms with van der Waals surface area (Å²) >= 11 is 0. The van der Waals surface area contributed by atoms with Crippen molar-refractivity contribution < 1.29 is 19.4 Å². The van der Waals surface area contributed by atoms with Crippen LogP contribution < -0.4 is 9.47 Å². The highest BCUT2D eigenvalue weighted by atomic mass is 16.5. The van der Waals surface area contributed by atoms with Crippen LogP contribution in [-0.2, 0) is 11.2 Å². The van der Waals surface area contributed by atoms with Crippen molar-refractivity contribution in [2.75, 3.05) is 26.8 Å². The van der Waals surface area contributed by atoms with Crippen LogP contribution in [0.3, 0.4) is 0 Å². The summed E-state index contributed by atoms with van der Waals surface area (Å²) in [5.74, 6) is 1.03. The molecule has 0 radical (unpaired) electrons. The number of hydrogen-bond acceptors (Lipinski definition) is 4. The number of piperidine rings is 1. The highest BCUT2D eigenvalue weighted by Crippen LogP contribution is 2.28. The van der Waals surface area contributed by atoms with Gasteiger partial charge in [0.1, 0.15) is 0 Å². The van der Waals surface area contributed by atoms with Crippen molar-refractivity contribution in [2.24, 2.45) is 0 Å². The molecule has 0 aliphatic carbocycles. The molecular weight excluding hydrogens is 282 g/mol. The number of likely N-dealkylation sites (tertiary alicyclic amines) is 1. The number of β-amino-alcohol motifs (C(OH)–C–C–N with tert-alkyl or cyclic N) is 1. The average molecular weight is 305 g/mol. The standard InChI is InChI=1S/C17H23NO4/c1-3-5-13-7-8-15(16(10-13)21-2)22-12-17(20)18-9-4-6-14(19)11-18/h3,7-8,10,14,19H,1,4-6,9,11-12H2,2H3/t14-/m1/s1. The van der Waals surface area contributed by atoms with Crippen LogP contribution >= 0.6 is 0 Å². The topological polar surface area (TPSA) is 59.0 Å². The molecule has 0 spiro atoms. The van der Waals surface area contributed by atoms with Crippen LogP contribution in [0.15, 0.2) is 30.9 Å². The van der Waals surface area contributed by atoms with E-state index in [9.17, 15) is 9.90 Å². The minimum atomic E-state index is -0.426. The Morgan fingerprint density at radius 2 is 2.32 bits per heavy atom.